The zero-order valence-corrected chi connectivity index (χ0v) is 7.66. The molecule has 0 bridgehead atoms. The highest BCUT2D eigenvalue weighted by Gasteiger charge is 2.17. The number of nitrogens with zero attached hydrogens (tertiary/aromatic N) is 1. The van der Waals surface area contributed by atoms with Gasteiger partial charge in [0, 0.05) is 6.07 Å². The molecule has 1 rings (SSSR count). The van der Waals surface area contributed by atoms with Crippen molar-refractivity contribution in [3.05, 3.63) is 12.3 Å². The summed E-state index contributed by atoms with van der Waals surface area (Å²) >= 11 is 0. The van der Waals surface area contributed by atoms with Crippen LogP contribution in [0, 0.1) is 0 Å². The van der Waals surface area contributed by atoms with E-state index in [-0.39, 0.29) is 12.3 Å². The number of hydrogen-bond acceptors (Lipinski definition) is 3. The molecule has 0 unspecified atom stereocenters. The van der Waals surface area contributed by atoms with Crippen LogP contribution in [0.15, 0.2) is 12.3 Å². The third kappa shape index (κ3) is 3.71. The summed E-state index contributed by atoms with van der Waals surface area (Å²) in [5, 5.41) is 18.2. The van der Waals surface area contributed by atoms with Crippen molar-refractivity contribution in [1.29, 1.82) is 0 Å². The van der Waals surface area contributed by atoms with Gasteiger partial charge in [0.15, 0.2) is 0 Å². The molecule has 0 aliphatic carbocycles. The Morgan fingerprint density at radius 2 is 2.46 bits per heavy atom. The topological polar surface area (TPSA) is 78.0 Å². The van der Waals surface area contributed by atoms with E-state index in [1.54, 1.807) is 26.1 Å². The molecule has 0 aliphatic heterocycles. The second-order valence-corrected chi connectivity index (χ2v) is 3.51. The molecule has 0 saturated carbocycles. The molecule has 1 amide bonds. The Kier molecular flexibility index (Phi) is 2.67. The molecule has 0 spiro atoms. The van der Waals surface area contributed by atoms with Gasteiger partial charge in [0.25, 0.3) is 0 Å². The van der Waals surface area contributed by atoms with Crippen molar-refractivity contribution in [3.63, 3.8) is 0 Å². The molecule has 1 aromatic heterocycles. The summed E-state index contributed by atoms with van der Waals surface area (Å²) < 4.78 is 0. The van der Waals surface area contributed by atoms with Crippen LogP contribution in [0.2, 0.25) is 0 Å². The van der Waals surface area contributed by atoms with Gasteiger partial charge in [-0.2, -0.15) is 5.10 Å². The van der Waals surface area contributed by atoms with Gasteiger partial charge in [-0.05, 0) is 13.8 Å². The fraction of sp³-hybridized carbons (Fsp3) is 0.500. The number of nitrogens with one attached hydrogen (secondary N) is 2. The van der Waals surface area contributed by atoms with Crippen LogP contribution in [0.25, 0.3) is 0 Å². The summed E-state index contributed by atoms with van der Waals surface area (Å²) in [7, 11) is 0. The number of carbonyl (C=O) groups excluding carboxylic acids is 1. The number of H-pyrrole nitrogens is 1. The average molecular weight is 183 g/mol. The monoisotopic (exact) mass is 183 g/mol. The van der Waals surface area contributed by atoms with E-state index in [1.165, 1.54) is 0 Å². The fourth-order valence-corrected chi connectivity index (χ4v) is 0.913. The minimum Gasteiger partial charge on any atom is -0.390 e. The zero-order chi connectivity index (χ0) is 9.90. The van der Waals surface area contributed by atoms with E-state index in [9.17, 15) is 9.90 Å². The molecule has 13 heavy (non-hydrogen) atoms. The van der Waals surface area contributed by atoms with E-state index in [0.717, 1.165) is 0 Å². The lowest BCUT2D eigenvalue weighted by Gasteiger charge is -2.15. The highest BCUT2D eigenvalue weighted by Crippen LogP contribution is 2.09. The van der Waals surface area contributed by atoms with E-state index in [4.69, 9.17) is 0 Å². The van der Waals surface area contributed by atoms with Crippen LogP contribution < -0.4 is 5.32 Å². The second kappa shape index (κ2) is 3.57. The first-order valence-corrected chi connectivity index (χ1v) is 3.99. The summed E-state index contributed by atoms with van der Waals surface area (Å²) in [4.78, 5) is 11.2. The summed E-state index contributed by atoms with van der Waals surface area (Å²) in [5.41, 5.74) is -0.982. The Bertz CT molecular complexity index is 274. The second-order valence-electron chi connectivity index (χ2n) is 3.51. The molecule has 1 aromatic rings. The first-order valence-electron chi connectivity index (χ1n) is 3.99. The van der Waals surface area contributed by atoms with Gasteiger partial charge >= 0.3 is 0 Å². The number of rotatable bonds is 3. The Morgan fingerprint density at radius 1 is 1.77 bits per heavy atom. The number of amides is 1. The van der Waals surface area contributed by atoms with Gasteiger partial charge in [0.1, 0.15) is 5.82 Å². The fourth-order valence-electron chi connectivity index (χ4n) is 0.913. The highest BCUT2D eigenvalue weighted by molar-refractivity contribution is 5.90. The standard InChI is InChI=1S/C8H13N3O2/c1-8(2,13)5-7(12)10-6-3-4-9-11-6/h3-4,13H,5H2,1-2H3,(H2,9,10,11,12). The van der Waals surface area contributed by atoms with Crippen molar-refractivity contribution < 1.29 is 9.90 Å². The van der Waals surface area contributed by atoms with E-state index < -0.39 is 5.60 Å². The number of aliphatic hydroxyl groups is 1. The van der Waals surface area contributed by atoms with Crippen LogP contribution in [0.4, 0.5) is 5.82 Å². The zero-order valence-electron chi connectivity index (χ0n) is 7.66. The van der Waals surface area contributed by atoms with Gasteiger partial charge in [0.2, 0.25) is 5.91 Å². The molecule has 0 aliphatic rings. The summed E-state index contributed by atoms with van der Waals surface area (Å²) in [6.45, 7) is 3.17. The third-order valence-electron chi connectivity index (χ3n) is 1.37. The average Bonchev–Trinajstić information content (AvgIpc) is 2.34. The van der Waals surface area contributed by atoms with Crippen LogP contribution in [0.5, 0.6) is 0 Å². The van der Waals surface area contributed by atoms with Crippen LogP contribution in [0.3, 0.4) is 0 Å². The Labute approximate surface area is 76.2 Å². The minimum absolute atomic E-state index is 0.0615. The van der Waals surface area contributed by atoms with E-state index in [0.29, 0.717) is 5.82 Å². The molecule has 72 valence electrons. The third-order valence-corrected chi connectivity index (χ3v) is 1.37. The van der Waals surface area contributed by atoms with Crippen molar-refractivity contribution in [3.8, 4) is 0 Å². The maximum atomic E-state index is 11.2. The lowest BCUT2D eigenvalue weighted by atomic mass is 10.1. The van der Waals surface area contributed by atoms with Crippen LogP contribution in [0.1, 0.15) is 20.3 Å². The van der Waals surface area contributed by atoms with Crippen molar-refractivity contribution >= 4 is 11.7 Å². The number of carbonyl (C=O) groups is 1. The predicted octanol–water partition coefficient (Wildman–Crippen LogP) is 0.509. The first kappa shape index (κ1) is 9.73. The number of aromatic amines is 1. The largest absolute Gasteiger partial charge is 0.390 e. The summed E-state index contributed by atoms with van der Waals surface area (Å²) in [6.07, 6.45) is 1.60. The molecule has 1 heterocycles. The molecule has 0 atom stereocenters. The van der Waals surface area contributed by atoms with Gasteiger partial charge < -0.3 is 10.4 Å². The van der Waals surface area contributed by atoms with E-state index in [1.807, 2.05) is 0 Å². The molecular formula is C8H13N3O2. The summed E-state index contributed by atoms with van der Waals surface area (Å²) in [6, 6.07) is 1.64. The quantitative estimate of drug-likeness (QED) is 0.638. The number of aromatic nitrogens is 2. The van der Waals surface area contributed by atoms with Gasteiger partial charge in [-0.15, -0.1) is 0 Å². The van der Waals surface area contributed by atoms with Crippen LogP contribution in [-0.2, 0) is 4.79 Å². The lowest BCUT2D eigenvalue weighted by molar-refractivity contribution is -0.119. The van der Waals surface area contributed by atoms with Gasteiger partial charge in [0.05, 0.1) is 18.2 Å². The van der Waals surface area contributed by atoms with Crippen molar-refractivity contribution in [1.82, 2.24) is 10.2 Å². The Hall–Kier alpha value is -1.36. The molecule has 0 fully saturated rings. The molecule has 3 N–H and O–H groups in total. The Balaban J connectivity index is 2.43. The molecule has 0 aromatic carbocycles. The SMILES string of the molecule is CC(C)(O)CC(=O)Nc1ccn[nH]1. The minimum atomic E-state index is -0.982. The highest BCUT2D eigenvalue weighted by atomic mass is 16.3. The normalized spacial score (nSPS) is 11.3. The molecule has 5 nitrogen and oxygen atoms in total. The van der Waals surface area contributed by atoms with Gasteiger partial charge in [-0.25, -0.2) is 0 Å². The number of hydrogen-bond donors (Lipinski definition) is 3. The van der Waals surface area contributed by atoms with E-state index in [2.05, 4.69) is 15.5 Å². The van der Waals surface area contributed by atoms with Crippen molar-refractivity contribution in [2.24, 2.45) is 0 Å². The smallest absolute Gasteiger partial charge is 0.228 e. The Morgan fingerprint density at radius 3 is 2.92 bits per heavy atom. The van der Waals surface area contributed by atoms with E-state index >= 15 is 0 Å². The van der Waals surface area contributed by atoms with Crippen LogP contribution >= 0.6 is 0 Å². The molecule has 0 saturated heterocycles. The number of anilines is 1. The van der Waals surface area contributed by atoms with Crippen molar-refractivity contribution in [2.45, 2.75) is 25.9 Å². The maximum absolute atomic E-state index is 11.2. The van der Waals surface area contributed by atoms with Gasteiger partial charge in [-0.3, -0.25) is 9.89 Å². The molecular weight excluding hydrogens is 170 g/mol. The van der Waals surface area contributed by atoms with Crippen molar-refractivity contribution in [2.75, 3.05) is 5.32 Å². The summed E-state index contributed by atoms with van der Waals surface area (Å²) in [5.74, 6) is 0.297. The van der Waals surface area contributed by atoms with Crippen LogP contribution in [-0.4, -0.2) is 26.8 Å². The molecule has 0 radical (unpaired) electrons. The molecule has 5 heteroatoms. The predicted molar refractivity (Wildman–Crippen MR) is 48.1 cm³/mol. The maximum Gasteiger partial charge on any atom is 0.228 e. The lowest BCUT2D eigenvalue weighted by Crippen LogP contribution is -2.27. The van der Waals surface area contributed by atoms with Gasteiger partial charge in [-0.1, -0.05) is 0 Å². The first-order chi connectivity index (χ1) is 5.97.